The van der Waals surface area contributed by atoms with E-state index in [1.54, 1.807) is 0 Å². The highest BCUT2D eigenvalue weighted by Crippen LogP contribution is 2.19. The third-order valence-corrected chi connectivity index (χ3v) is 3.22. The molecule has 0 saturated carbocycles. The molecule has 100 valence electrons. The van der Waals surface area contributed by atoms with Crippen LogP contribution in [0.5, 0.6) is 0 Å². The van der Waals surface area contributed by atoms with Crippen molar-refractivity contribution in [3.05, 3.63) is 48.0 Å². The minimum Gasteiger partial charge on any atom is -0.314 e. The predicted molar refractivity (Wildman–Crippen MR) is 80.4 cm³/mol. The summed E-state index contributed by atoms with van der Waals surface area (Å²) in [5.41, 5.74) is 1.13. The topological polar surface area (TPSA) is 29.1 Å². The number of Topliss-reactive ketones (excluding diaryl/α,β-unsaturated/α-hetero) is 1. The van der Waals surface area contributed by atoms with Gasteiger partial charge >= 0.3 is 0 Å². The molecular weight excluding hydrogens is 234 g/mol. The molecule has 2 aromatic carbocycles. The number of benzene rings is 2. The van der Waals surface area contributed by atoms with Gasteiger partial charge in [0.25, 0.3) is 0 Å². The Morgan fingerprint density at radius 1 is 1.11 bits per heavy atom. The van der Waals surface area contributed by atoms with Crippen molar-refractivity contribution < 1.29 is 4.79 Å². The molecule has 0 fully saturated rings. The van der Waals surface area contributed by atoms with Crippen LogP contribution in [-0.2, 0) is 11.2 Å². The molecule has 1 N–H and O–H groups in total. The summed E-state index contributed by atoms with van der Waals surface area (Å²) in [6.45, 7) is 4.95. The molecule has 0 aliphatic heterocycles. The average Bonchev–Trinajstić information content (AvgIpc) is 2.39. The van der Waals surface area contributed by atoms with E-state index in [4.69, 9.17) is 0 Å². The van der Waals surface area contributed by atoms with Gasteiger partial charge in [-0.25, -0.2) is 0 Å². The fraction of sp³-hybridized carbons (Fsp3) is 0.353. The molecule has 0 spiro atoms. The first-order chi connectivity index (χ1) is 9.16. The summed E-state index contributed by atoms with van der Waals surface area (Å²) in [5.74, 6) is 0.296. The molecule has 0 atom stereocenters. The first-order valence-corrected chi connectivity index (χ1v) is 6.88. The molecule has 0 unspecified atom stereocenters. The third kappa shape index (κ3) is 3.90. The molecule has 19 heavy (non-hydrogen) atoms. The molecule has 2 aromatic rings. The van der Waals surface area contributed by atoms with Gasteiger partial charge in [-0.1, -0.05) is 56.3 Å². The maximum Gasteiger partial charge on any atom is 0.138 e. The first-order valence-electron chi connectivity index (χ1n) is 6.88. The van der Waals surface area contributed by atoms with Gasteiger partial charge in [0.1, 0.15) is 5.78 Å². The lowest BCUT2D eigenvalue weighted by Crippen LogP contribution is -2.25. The van der Waals surface area contributed by atoms with Crippen LogP contribution in [0.3, 0.4) is 0 Å². The van der Waals surface area contributed by atoms with Crippen molar-refractivity contribution in [3.63, 3.8) is 0 Å². The van der Waals surface area contributed by atoms with Crippen LogP contribution in [0.1, 0.15) is 25.8 Å². The number of fused-ring (bicyclic) bond motifs is 1. The fourth-order valence-corrected chi connectivity index (χ4v) is 2.25. The third-order valence-electron chi connectivity index (χ3n) is 3.22. The second kappa shape index (κ2) is 6.48. The first kappa shape index (κ1) is 13.8. The van der Waals surface area contributed by atoms with Gasteiger partial charge in [0.15, 0.2) is 0 Å². The minimum absolute atomic E-state index is 0.296. The normalized spacial score (nSPS) is 11.1. The largest absolute Gasteiger partial charge is 0.314 e. The molecule has 0 bridgehead atoms. The molecule has 2 heteroatoms. The van der Waals surface area contributed by atoms with Crippen molar-refractivity contribution in [2.24, 2.45) is 0 Å². The van der Waals surface area contributed by atoms with Gasteiger partial charge in [0, 0.05) is 25.4 Å². The number of carbonyl (C=O) groups is 1. The number of rotatable bonds is 6. The van der Waals surface area contributed by atoms with Crippen LogP contribution in [0.2, 0.25) is 0 Å². The fourth-order valence-electron chi connectivity index (χ4n) is 2.25. The van der Waals surface area contributed by atoms with Crippen LogP contribution in [0.15, 0.2) is 42.5 Å². The molecule has 0 amide bonds. The minimum atomic E-state index is 0.296. The van der Waals surface area contributed by atoms with Crippen LogP contribution < -0.4 is 5.32 Å². The van der Waals surface area contributed by atoms with Crippen LogP contribution in [0, 0.1) is 0 Å². The molecule has 0 aliphatic rings. The van der Waals surface area contributed by atoms with E-state index >= 15 is 0 Å². The molecule has 0 saturated heterocycles. The predicted octanol–water partition coefficient (Wildman–Crippen LogP) is 3.34. The summed E-state index contributed by atoms with van der Waals surface area (Å²) in [7, 11) is 0. The van der Waals surface area contributed by atoms with E-state index < -0.39 is 0 Å². The summed E-state index contributed by atoms with van der Waals surface area (Å²) in [6, 6.07) is 14.8. The van der Waals surface area contributed by atoms with E-state index in [2.05, 4.69) is 43.4 Å². The Morgan fingerprint density at radius 3 is 2.63 bits per heavy atom. The van der Waals surface area contributed by atoms with Gasteiger partial charge in [-0.05, 0) is 16.3 Å². The standard InChI is InChI=1S/C17H21NO/c1-13(2)18-11-10-16(19)12-15-8-5-7-14-6-3-4-9-17(14)15/h3-9,13,18H,10-12H2,1-2H3. The van der Waals surface area contributed by atoms with E-state index in [0.29, 0.717) is 24.7 Å². The average molecular weight is 255 g/mol. The molecule has 0 heterocycles. The highest BCUT2D eigenvalue weighted by molar-refractivity contribution is 5.90. The van der Waals surface area contributed by atoms with Crippen molar-refractivity contribution in [1.82, 2.24) is 5.32 Å². The summed E-state index contributed by atoms with van der Waals surface area (Å²) >= 11 is 0. The van der Waals surface area contributed by atoms with Crippen LogP contribution in [0.25, 0.3) is 10.8 Å². The summed E-state index contributed by atoms with van der Waals surface area (Å²) in [5, 5.41) is 5.67. The van der Waals surface area contributed by atoms with Gasteiger partial charge in [-0.15, -0.1) is 0 Å². The van der Waals surface area contributed by atoms with E-state index in [1.165, 1.54) is 10.8 Å². The van der Waals surface area contributed by atoms with E-state index in [-0.39, 0.29) is 0 Å². The molecule has 0 aromatic heterocycles. The van der Waals surface area contributed by atoms with Crippen molar-refractivity contribution in [1.29, 1.82) is 0 Å². The van der Waals surface area contributed by atoms with E-state index in [1.807, 2.05) is 18.2 Å². The van der Waals surface area contributed by atoms with Crippen molar-refractivity contribution in [3.8, 4) is 0 Å². The van der Waals surface area contributed by atoms with Gasteiger partial charge < -0.3 is 5.32 Å². The van der Waals surface area contributed by atoms with Gasteiger partial charge in [0.05, 0.1) is 0 Å². The maximum atomic E-state index is 12.0. The number of carbonyl (C=O) groups excluding carboxylic acids is 1. The zero-order valence-corrected chi connectivity index (χ0v) is 11.6. The molecule has 0 radical (unpaired) electrons. The quantitative estimate of drug-likeness (QED) is 0.857. The lowest BCUT2D eigenvalue weighted by atomic mass is 9.99. The monoisotopic (exact) mass is 255 g/mol. The zero-order chi connectivity index (χ0) is 13.7. The molecule has 2 nitrogen and oxygen atoms in total. The van der Waals surface area contributed by atoms with Crippen LogP contribution in [0.4, 0.5) is 0 Å². The van der Waals surface area contributed by atoms with Crippen LogP contribution >= 0.6 is 0 Å². The number of hydrogen-bond donors (Lipinski definition) is 1. The van der Waals surface area contributed by atoms with Crippen LogP contribution in [-0.4, -0.2) is 18.4 Å². The smallest absolute Gasteiger partial charge is 0.138 e. The lowest BCUT2D eigenvalue weighted by Gasteiger charge is -2.08. The highest BCUT2D eigenvalue weighted by atomic mass is 16.1. The van der Waals surface area contributed by atoms with E-state index in [0.717, 1.165) is 12.1 Å². The molecule has 0 aliphatic carbocycles. The number of ketones is 1. The second-order valence-corrected chi connectivity index (χ2v) is 5.21. The van der Waals surface area contributed by atoms with Crippen molar-refractivity contribution in [2.45, 2.75) is 32.7 Å². The molecular formula is C17H21NO. The highest BCUT2D eigenvalue weighted by Gasteiger charge is 2.07. The Kier molecular flexibility index (Phi) is 4.69. The Balaban J connectivity index is 2.03. The number of hydrogen-bond acceptors (Lipinski definition) is 2. The van der Waals surface area contributed by atoms with Gasteiger partial charge in [0.2, 0.25) is 0 Å². The van der Waals surface area contributed by atoms with E-state index in [9.17, 15) is 4.79 Å². The number of nitrogens with one attached hydrogen (secondary N) is 1. The van der Waals surface area contributed by atoms with Crippen molar-refractivity contribution >= 4 is 16.6 Å². The zero-order valence-electron chi connectivity index (χ0n) is 11.6. The second-order valence-electron chi connectivity index (χ2n) is 5.21. The summed E-state index contributed by atoms with van der Waals surface area (Å²) in [6.07, 6.45) is 1.13. The van der Waals surface area contributed by atoms with Gasteiger partial charge in [-0.3, -0.25) is 4.79 Å². The Bertz CT molecular complexity index is 555. The Hall–Kier alpha value is -1.67. The maximum absolute atomic E-state index is 12.0. The SMILES string of the molecule is CC(C)NCCC(=O)Cc1cccc2ccccc12. The summed E-state index contributed by atoms with van der Waals surface area (Å²) in [4.78, 5) is 12.0. The van der Waals surface area contributed by atoms with Gasteiger partial charge in [-0.2, -0.15) is 0 Å². The lowest BCUT2D eigenvalue weighted by molar-refractivity contribution is -0.118. The summed E-state index contributed by atoms with van der Waals surface area (Å²) < 4.78 is 0. The molecule has 2 rings (SSSR count). The Morgan fingerprint density at radius 2 is 1.84 bits per heavy atom. The van der Waals surface area contributed by atoms with Crippen molar-refractivity contribution in [2.75, 3.05) is 6.54 Å². The Labute approximate surface area is 114 Å².